The van der Waals surface area contributed by atoms with Crippen LogP contribution in [0.4, 0.5) is 0 Å². The molecule has 0 atom stereocenters. The number of carbonyl (C=O) groups excluding carboxylic acids is 2. The highest BCUT2D eigenvalue weighted by atomic mass is 35.5. The molecule has 38 heavy (non-hydrogen) atoms. The topological polar surface area (TPSA) is 98.0 Å². The normalized spacial score (nSPS) is 12.7. The van der Waals surface area contributed by atoms with Gasteiger partial charge in [0.05, 0.1) is 21.7 Å². The zero-order chi connectivity index (χ0) is 28.2. The number of sulfonamides is 1. The Balaban J connectivity index is 2.00. The molecule has 3 rings (SSSR count). The lowest BCUT2D eigenvalue weighted by atomic mass is 10.2. The van der Waals surface area contributed by atoms with Gasteiger partial charge in [0.2, 0.25) is 10.0 Å². The first-order chi connectivity index (χ1) is 17.8. The molecule has 0 unspecified atom stereocenters. The molecule has 0 radical (unpaired) electrons. The van der Waals surface area contributed by atoms with Gasteiger partial charge in [0.15, 0.2) is 4.80 Å². The number of ether oxygens (including phenoxy) is 1. The Morgan fingerprint density at radius 1 is 1.05 bits per heavy atom. The van der Waals surface area contributed by atoms with Gasteiger partial charge in [-0.25, -0.2) is 8.42 Å². The molecule has 0 aliphatic carbocycles. The summed E-state index contributed by atoms with van der Waals surface area (Å²) in [7, 11) is -3.72. The SMILES string of the molecule is CCOC(=O)Cn1c(=NC(=O)c2ccc(S(=O)(=O)N(CC(C)C)CC(C)C)cc2)sc2ccc(Cl)c(C)c21. The maximum atomic E-state index is 13.3. The molecular weight excluding hydrogens is 546 g/mol. The molecule has 2 aromatic carbocycles. The fraction of sp³-hybridized carbons (Fsp3) is 0.444. The van der Waals surface area contributed by atoms with Gasteiger partial charge in [0.25, 0.3) is 5.91 Å². The number of benzene rings is 2. The summed E-state index contributed by atoms with van der Waals surface area (Å²) >= 11 is 7.58. The molecule has 0 aliphatic heterocycles. The van der Waals surface area contributed by atoms with Crippen LogP contribution < -0.4 is 4.80 Å². The number of esters is 1. The van der Waals surface area contributed by atoms with Gasteiger partial charge in [-0.3, -0.25) is 9.59 Å². The van der Waals surface area contributed by atoms with Gasteiger partial charge in [-0.15, -0.1) is 0 Å². The molecule has 0 aliphatic rings. The number of nitrogens with zero attached hydrogens (tertiary/aromatic N) is 3. The summed E-state index contributed by atoms with van der Waals surface area (Å²) in [6.07, 6.45) is 0. The van der Waals surface area contributed by atoms with Crippen LogP contribution in [0.25, 0.3) is 10.2 Å². The zero-order valence-corrected chi connectivity index (χ0v) is 24.9. The van der Waals surface area contributed by atoms with Crippen molar-refractivity contribution in [2.24, 2.45) is 16.8 Å². The van der Waals surface area contributed by atoms with Crippen molar-refractivity contribution < 1.29 is 22.7 Å². The third-order valence-corrected chi connectivity index (χ3v) is 9.00. The lowest BCUT2D eigenvalue weighted by molar-refractivity contribution is -0.143. The van der Waals surface area contributed by atoms with Gasteiger partial charge in [-0.1, -0.05) is 50.6 Å². The molecule has 3 aromatic rings. The summed E-state index contributed by atoms with van der Waals surface area (Å²) in [6.45, 7) is 12.4. The van der Waals surface area contributed by atoms with Crippen molar-refractivity contribution in [1.82, 2.24) is 8.87 Å². The molecule has 1 heterocycles. The number of halogens is 1. The van der Waals surface area contributed by atoms with Crippen LogP contribution in [0.1, 0.15) is 50.5 Å². The first kappa shape index (κ1) is 30.0. The number of hydrogen-bond acceptors (Lipinski definition) is 6. The van der Waals surface area contributed by atoms with E-state index in [9.17, 15) is 18.0 Å². The smallest absolute Gasteiger partial charge is 0.326 e. The van der Waals surface area contributed by atoms with E-state index in [-0.39, 0.29) is 35.4 Å². The van der Waals surface area contributed by atoms with E-state index in [1.165, 1.54) is 39.9 Å². The summed E-state index contributed by atoms with van der Waals surface area (Å²) in [4.78, 5) is 30.2. The quantitative estimate of drug-likeness (QED) is 0.305. The van der Waals surface area contributed by atoms with Crippen LogP contribution in [0.2, 0.25) is 5.02 Å². The number of aryl methyl sites for hydroxylation is 1. The van der Waals surface area contributed by atoms with E-state index in [0.29, 0.717) is 28.4 Å². The summed E-state index contributed by atoms with van der Waals surface area (Å²) in [6, 6.07) is 9.39. The number of fused-ring (bicyclic) bond motifs is 1. The third kappa shape index (κ3) is 6.91. The Morgan fingerprint density at radius 2 is 1.66 bits per heavy atom. The average Bonchev–Trinajstić information content (AvgIpc) is 3.17. The largest absolute Gasteiger partial charge is 0.465 e. The maximum Gasteiger partial charge on any atom is 0.326 e. The van der Waals surface area contributed by atoms with E-state index >= 15 is 0 Å². The van der Waals surface area contributed by atoms with E-state index in [1.807, 2.05) is 40.7 Å². The van der Waals surface area contributed by atoms with Crippen LogP contribution in [-0.4, -0.2) is 48.9 Å². The molecule has 1 aromatic heterocycles. The van der Waals surface area contributed by atoms with Gasteiger partial charge in [0.1, 0.15) is 6.54 Å². The first-order valence-corrected chi connectivity index (χ1v) is 15.1. The second-order valence-corrected chi connectivity index (χ2v) is 13.2. The molecule has 0 bridgehead atoms. The van der Waals surface area contributed by atoms with Gasteiger partial charge in [-0.2, -0.15) is 9.30 Å². The Hall–Kier alpha value is -2.53. The highest BCUT2D eigenvalue weighted by molar-refractivity contribution is 7.89. The highest BCUT2D eigenvalue weighted by Gasteiger charge is 2.26. The first-order valence-electron chi connectivity index (χ1n) is 12.5. The minimum atomic E-state index is -3.72. The van der Waals surface area contributed by atoms with E-state index in [4.69, 9.17) is 16.3 Å². The Bertz CT molecular complexity index is 1480. The van der Waals surface area contributed by atoms with Crippen molar-refractivity contribution in [1.29, 1.82) is 0 Å². The standard InChI is InChI=1S/C27H34ClN3O5S2/c1-7-36-24(32)16-31-25-19(6)22(28)12-13-23(25)37-27(31)29-26(33)20-8-10-21(11-9-20)38(34,35)30(14-17(2)3)15-18(4)5/h8-13,17-18H,7,14-16H2,1-6H3. The van der Waals surface area contributed by atoms with Gasteiger partial charge >= 0.3 is 5.97 Å². The van der Waals surface area contributed by atoms with E-state index in [2.05, 4.69) is 4.99 Å². The summed E-state index contributed by atoms with van der Waals surface area (Å²) in [5.41, 5.74) is 1.71. The van der Waals surface area contributed by atoms with Gasteiger partial charge < -0.3 is 9.30 Å². The van der Waals surface area contributed by atoms with Crippen molar-refractivity contribution in [2.45, 2.75) is 53.0 Å². The molecule has 0 N–H and O–H groups in total. The highest BCUT2D eigenvalue weighted by Crippen LogP contribution is 2.27. The van der Waals surface area contributed by atoms with Crippen LogP contribution >= 0.6 is 22.9 Å². The van der Waals surface area contributed by atoms with E-state index < -0.39 is 21.9 Å². The third-order valence-electron chi connectivity index (χ3n) is 5.70. The van der Waals surface area contributed by atoms with E-state index in [1.54, 1.807) is 17.6 Å². The molecular formula is C27H34ClN3O5S2. The van der Waals surface area contributed by atoms with Crippen LogP contribution in [0.5, 0.6) is 0 Å². The number of amides is 1. The Morgan fingerprint density at radius 3 is 2.21 bits per heavy atom. The van der Waals surface area contributed by atoms with Crippen molar-refractivity contribution in [3.8, 4) is 0 Å². The van der Waals surface area contributed by atoms with E-state index in [0.717, 1.165) is 10.3 Å². The second-order valence-electron chi connectivity index (χ2n) is 9.85. The van der Waals surface area contributed by atoms with Crippen LogP contribution in [0.3, 0.4) is 0 Å². The van der Waals surface area contributed by atoms with Crippen molar-refractivity contribution in [3.05, 3.63) is 57.3 Å². The molecule has 1 amide bonds. The number of aromatic nitrogens is 1. The average molecular weight is 580 g/mol. The van der Waals surface area contributed by atoms with Crippen LogP contribution in [0.15, 0.2) is 46.3 Å². The summed E-state index contributed by atoms with van der Waals surface area (Å²) in [5, 5.41) is 0.534. The van der Waals surface area contributed by atoms with Crippen LogP contribution in [-0.2, 0) is 26.1 Å². The summed E-state index contributed by atoms with van der Waals surface area (Å²) < 4.78 is 35.7. The number of rotatable bonds is 10. The number of carbonyl (C=O) groups is 2. The molecule has 11 heteroatoms. The lowest BCUT2D eigenvalue weighted by Gasteiger charge is -2.25. The fourth-order valence-electron chi connectivity index (χ4n) is 4.04. The van der Waals surface area contributed by atoms with Crippen molar-refractivity contribution in [3.63, 3.8) is 0 Å². The predicted molar refractivity (Wildman–Crippen MR) is 151 cm³/mol. The van der Waals surface area contributed by atoms with Gasteiger partial charge in [0, 0.05) is 23.7 Å². The molecule has 8 nitrogen and oxygen atoms in total. The maximum absolute atomic E-state index is 13.3. The number of thiazole rings is 1. The van der Waals surface area contributed by atoms with Gasteiger partial charge in [-0.05, 0) is 67.6 Å². The monoisotopic (exact) mass is 579 g/mol. The predicted octanol–water partition coefficient (Wildman–Crippen LogP) is 5.27. The lowest BCUT2D eigenvalue weighted by Crippen LogP contribution is -2.37. The van der Waals surface area contributed by atoms with Crippen molar-refractivity contribution in [2.75, 3.05) is 19.7 Å². The molecule has 0 fully saturated rings. The number of hydrogen-bond donors (Lipinski definition) is 0. The minimum Gasteiger partial charge on any atom is -0.465 e. The Labute approximate surface area is 233 Å². The minimum absolute atomic E-state index is 0.125. The fourth-order valence-corrected chi connectivity index (χ4v) is 7.05. The summed E-state index contributed by atoms with van der Waals surface area (Å²) in [5.74, 6) is -0.668. The molecule has 0 spiro atoms. The molecule has 0 saturated heterocycles. The van der Waals surface area contributed by atoms with Crippen LogP contribution in [0, 0.1) is 18.8 Å². The molecule has 206 valence electrons. The van der Waals surface area contributed by atoms with Crippen molar-refractivity contribution >= 4 is 55.1 Å². The second kappa shape index (κ2) is 12.5. The Kier molecular flexibility index (Phi) is 9.91. The zero-order valence-electron chi connectivity index (χ0n) is 22.5. The molecule has 0 saturated carbocycles.